The SMILES string of the molecule is CCC(Sc1n[nH]c(-c2ccc(Cl)cc2)n1)C(=O)NCc1ccccc1. The second kappa shape index (κ2) is 8.87. The normalized spacial score (nSPS) is 11.9. The van der Waals surface area contributed by atoms with Crippen LogP contribution in [0.15, 0.2) is 59.8 Å². The first-order valence-corrected chi connectivity index (χ1v) is 9.58. The molecule has 7 heteroatoms. The van der Waals surface area contributed by atoms with Crippen molar-refractivity contribution in [1.29, 1.82) is 0 Å². The maximum atomic E-state index is 12.5. The van der Waals surface area contributed by atoms with Crippen molar-refractivity contribution < 1.29 is 4.79 Å². The molecule has 1 atom stereocenters. The molecular weight excluding hydrogens is 368 g/mol. The van der Waals surface area contributed by atoms with Crippen LogP contribution in [0.4, 0.5) is 0 Å². The highest BCUT2D eigenvalue weighted by atomic mass is 35.5. The summed E-state index contributed by atoms with van der Waals surface area (Å²) in [5.74, 6) is 0.642. The molecule has 1 unspecified atom stereocenters. The largest absolute Gasteiger partial charge is 0.351 e. The van der Waals surface area contributed by atoms with Gasteiger partial charge in [0.05, 0.1) is 5.25 Å². The lowest BCUT2D eigenvalue weighted by Crippen LogP contribution is -2.31. The molecule has 0 saturated heterocycles. The van der Waals surface area contributed by atoms with Crippen LogP contribution in [0.3, 0.4) is 0 Å². The highest BCUT2D eigenvalue weighted by Crippen LogP contribution is 2.25. The lowest BCUT2D eigenvalue weighted by Gasteiger charge is -2.12. The summed E-state index contributed by atoms with van der Waals surface area (Å²) in [5, 5.41) is 11.1. The molecule has 1 aromatic heterocycles. The molecule has 26 heavy (non-hydrogen) atoms. The molecule has 1 amide bonds. The minimum atomic E-state index is -0.243. The molecule has 0 aliphatic carbocycles. The number of benzene rings is 2. The number of hydrogen-bond acceptors (Lipinski definition) is 4. The lowest BCUT2D eigenvalue weighted by molar-refractivity contribution is -0.120. The van der Waals surface area contributed by atoms with Crippen molar-refractivity contribution in [3.63, 3.8) is 0 Å². The smallest absolute Gasteiger partial charge is 0.233 e. The topological polar surface area (TPSA) is 70.7 Å². The Kier molecular flexibility index (Phi) is 6.30. The molecule has 2 aromatic carbocycles. The summed E-state index contributed by atoms with van der Waals surface area (Å²) in [5.41, 5.74) is 1.97. The number of nitrogens with zero attached hydrogens (tertiary/aromatic N) is 2. The average molecular weight is 387 g/mol. The number of thioether (sulfide) groups is 1. The Labute approximate surface area is 161 Å². The van der Waals surface area contributed by atoms with E-state index in [0.717, 1.165) is 11.1 Å². The van der Waals surface area contributed by atoms with Gasteiger partial charge in [0.2, 0.25) is 11.1 Å². The van der Waals surface area contributed by atoms with Gasteiger partial charge in [-0.1, -0.05) is 60.6 Å². The highest BCUT2D eigenvalue weighted by Gasteiger charge is 2.20. The van der Waals surface area contributed by atoms with Gasteiger partial charge < -0.3 is 5.32 Å². The van der Waals surface area contributed by atoms with Gasteiger partial charge in [-0.3, -0.25) is 9.89 Å². The van der Waals surface area contributed by atoms with Gasteiger partial charge in [-0.15, -0.1) is 5.10 Å². The second-order valence-corrected chi connectivity index (χ2v) is 7.30. The number of amides is 1. The zero-order chi connectivity index (χ0) is 18.4. The molecular formula is C19H19ClN4OS. The Bertz CT molecular complexity index is 851. The fourth-order valence-corrected chi connectivity index (χ4v) is 3.36. The maximum absolute atomic E-state index is 12.5. The molecule has 5 nitrogen and oxygen atoms in total. The summed E-state index contributed by atoms with van der Waals surface area (Å²) in [4.78, 5) is 16.9. The van der Waals surface area contributed by atoms with Crippen LogP contribution < -0.4 is 5.32 Å². The molecule has 0 aliphatic heterocycles. The first-order chi connectivity index (χ1) is 12.7. The molecule has 0 bridgehead atoms. The van der Waals surface area contributed by atoms with E-state index >= 15 is 0 Å². The summed E-state index contributed by atoms with van der Waals surface area (Å²) in [6.07, 6.45) is 0.691. The molecule has 0 aliphatic rings. The lowest BCUT2D eigenvalue weighted by atomic mass is 10.2. The van der Waals surface area contributed by atoms with Gasteiger partial charge in [0.25, 0.3) is 0 Å². The molecule has 3 rings (SSSR count). The van der Waals surface area contributed by atoms with E-state index in [1.54, 1.807) is 12.1 Å². The molecule has 0 radical (unpaired) electrons. The number of rotatable bonds is 7. The van der Waals surface area contributed by atoms with E-state index in [4.69, 9.17) is 11.6 Å². The molecule has 1 heterocycles. The summed E-state index contributed by atoms with van der Waals surface area (Å²) in [6.45, 7) is 2.49. The quantitative estimate of drug-likeness (QED) is 0.593. The number of carbonyl (C=O) groups is 1. The third-order valence-electron chi connectivity index (χ3n) is 3.80. The van der Waals surface area contributed by atoms with Crippen molar-refractivity contribution in [2.45, 2.75) is 30.3 Å². The third kappa shape index (κ3) is 4.86. The van der Waals surface area contributed by atoms with Crippen LogP contribution in [-0.2, 0) is 11.3 Å². The van der Waals surface area contributed by atoms with Crippen LogP contribution >= 0.6 is 23.4 Å². The zero-order valence-electron chi connectivity index (χ0n) is 14.3. The monoisotopic (exact) mass is 386 g/mol. The van der Waals surface area contributed by atoms with Crippen LogP contribution in [-0.4, -0.2) is 26.3 Å². The van der Waals surface area contributed by atoms with Crippen molar-refractivity contribution in [3.05, 3.63) is 65.2 Å². The molecule has 0 saturated carbocycles. The fourth-order valence-electron chi connectivity index (χ4n) is 2.38. The summed E-state index contributed by atoms with van der Waals surface area (Å²) in [7, 11) is 0. The Balaban J connectivity index is 1.61. The van der Waals surface area contributed by atoms with E-state index in [1.165, 1.54) is 11.8 Å². The Morgan fingerprint density at radius 2 is 1.92 bits per heavy atom. The van der Waals surface area contributed by atoms with Crippen molar-refractivity contribution in [2.24, 2.45) is 0 Å². The first-order valence-electron chi connectivity index (χ1n) is 8.32. The van der Waals surface area contributed by atoms with Crippen LogP contribution in [0.25, 0.3) is 11.4 Å². The van der Waals surface area contributed by atoms with Gasteiger partial charge in [-0.25, -0.2) is 4.98 Å². The van der Waals surface area contributed by atoms with E-state index in [-0.39, 0.29) is 11.2 Å². The Morgan fingerprint density at radius 3 is 2.62 bits per heavy atom. The number of H-pyrrole nitrogens is 1. The van der Waals surface area contributed by atoms with Crippen molar-refractivity contribution in [2.75, 3.05) is 0 Å². The molecule has 2 N–H and O–H groups in total. The third-order valence-corrected chi connectivity index (χ3v) is 5.28. The molecule has 134 valence electrons. The number of halogens is 1. The summed E-state index contributed by atoms with van der Waals surface area (Å²) in [6, 6.07) is 17.2. The Hall–Kier alpha value is -2.31. The predicted molar refractivity (Wildman–Crippen MR) is 105 cm³/mol. The standard InChI is InChI=1S/C19H19ClN4OS/c1-2-16(18(25)21-12-13-6-4-3-5-7-13)26-19-22-17(23-24-19)14-8-10-15(20)11-9-14/h3-11,16H,2,12H2,1H3,(H,21,25)(H,22,23,24). The summed E-state index contributed by atoms with van der Waals surface area (Å²) >= 11 is 7.27. The predicted octanol–water partition coefficient (Wildman–Crippen LogP) is 4.31. The molecule has 3 aromatic rings. The minimum absolute atomic E-state index is 0.0146. The van der Waals surface area contributed by atoms with Crippen LogP contribution in [0.2, 0.25) is 5.02 Å². The van der Waals surface area contributed by atoms with Crippen LogP contribution in [0.1, 0.15) is 18.9 Å². The van der Waals surface area contributed by atoms with Crippen molar-refractivity contribution >= 4 is 29.3 Å². The number of carbonyl (C=O) groups excluding carboxylic acids is 1. The van der Waals surface area contributed by atoms with Crippen LogP contribution in [0, 0.1) is 0 Å². The van der Waals surface area contributed by atoms with Crippen LogP contribution in [0.5, 0.6) is 0 Å². The fraction of sp³-hybridized carbons (Fsp3) is 0.211. The zero-order valence-corrected chi connectivity index (χ0v) is 15.8. The minimum Gasteiger partial charge on any atom is -0.351 e. The van der Waals surface area contributed by atoms with Gasteiger partial charge >= 0.3 is 0 Å². The first kappa shape index (κ1) is 18.5. The number of hydrogen-bond donors (Lipinski definition) is 2. The highest BCUT2D eigenvalue weighted by molar-refractivity contribution is 8.00. The maximum Gasteiger partial charge on any atom is 0.233 e. The number of nitrogens with one attached hydrogen (secondary N) is 2. The van der Waals surface area contributed by atoms with Crippen molar-refractivity contribution in [3.8, 4) is 11.4 Å². The molecule has 0 fully saturated rings. The van der Waals surface area contributed by atoms with Gasteiger partial charge in [-0.2, -0.15) is 0 Å². The number of aromatic amines is 1. The van der Waals surface area contributed by atoms with Gasteiger partial charge in [0.15, 0.2) is 5.82 Å². The van der Waals surface area contributed by atoms with E-state index in [9.17, 15) is 4.79 Å². The average Bonchev–Trinajstić information content (AvgIpc) is 3.14. The van der Waals surface area contributed by atoms with E-state index in [0.29, 0.717) is 29.0 Å². The van der Waals surface area contributed by atoms with E-state index in [2.05, 4.69) is 20.5 Å². The van der Waals surface area contributed by atoms with Gasteiger partial charge in [-0.05, 0) is 36.2 Å². The molecule has 0 spiro atoms. The van der Waals surface area contributed by atoms with E-state index in [1.807, 2.05) is 49.4 Å². The van der Waals surface area contributed by atoms with Gasteiger partial charge in [0.1, 0.15) is 0 Å². The summed E-state index contributed by atoms with van der Waals surface area (Å²) < 4.78 is 0. The Morgan fingerprint density at radius 1 is 1.19 bits per heavy atom. The van der Waals surface area contributed by atoms with Crippen molar-refractivity contribution in [1.82, 2.24) is 20.5 Å². The second-order valence-electron chi connectivity index (χ2n) is 5.69. The number of aromatic nitrogens is 3. The van der Waals surface area contributed by atoms with Gasteiger partial charge in [0, 0.05) is 17.1 Å². The van der Waals surface area contributed by atoms with E-state index < -0.39 is 0 Å².